The van der Waals surface area contributed by atoms with Crippen molar-refractivity contribution >= 4 is 11.9 Å². The molecule has 0 saturated carbocycles. The number of rotatable bonds is 3. The lowest BCUT2D eigenvalue weighted by atomic mass is 10.4. The molecule has 0 aliphatic carbocycles. The summed E-state index contributed by atoms with van der Waals surface area (Å²) in [7, 11) is 0. The van der Waals surface area contributed by atoms with Crippen molar-refractivity contribution in [3.8, 4) is 0 Å². The van der Waals surface area contributed by atoms with Gasteiger partial charge in [-0.1, -0.05) is 13.2 Å². The second-order valence-electron chi connectivity index (χ2n) is 2.83. The van der Waals surface area contributed by atoms with E-state index in [0.717, 1.165) is 19.0 Å². The molecule has 0 atom stereocenters. The van der Waals surface area contributed by atoms with Crippen LogP contribution in [0.15, 0.2) is 25.4 Å². The van der Waals surface area contributed by atoms with Gasteiger partial charge in [-0.2, -0.15) is 0 Å². The molecule has 0 aromatic rings. The van der Waals surface area contributed by atoms with Gasteiger partial charge < -0.3 is 9.64 Å². The van der Waals surface area contributed by atoms with E-state index in [2.05, 4.69) is 17.9 Å². The summed E-state index contributed by atoms with van der Waals surface area (Å²) in [5.74, 6) is -0.150. The largest absolute Gasteiger partial charge is 0.463 e. The number of nitrogens with zero attached hydrogens (tertiary/aromatic N) is 1. The number of esters is 1. The van der Waals surface area contributed by atoms with Crippen molar-refractivity contribution in [2.75, 3.05) is 13.2 Å². The average Bonchev–Trinajstić information content (AvgIpc) is 2.65. The van der Waals surface area contributed by atoms with Crippen LogP contribution in [0, 0.1) is 0 Å². The van der Waals surface area contributed by atoms with Crippen LogP contribution in [0.5, 0.6) is 0 Å². The van der Waals surface area contributed by atoms with Gasteiger partial charge >= 0.3 is 5.97 Å². The van der Waals surface area contributed by atoms with Crippen molar-refractivity contribution in [1.82, 2.24) is 4.90 Å². The van der Waals surface area contributed by atoms with E-state index >= 15 is 0 Å². The van der Waals surface area contributed by atoms with E-state index in [1.54, 1.807) is 18.0 Å². The third-order valence-corrected chi connectivity index (χ3v) is 1.78. The lowest BCUT2D eigenvalue weighted by Crippen LogP contribution is -2.16. The fraction of sp³-hybridized carbons (Fsp3) is 0.455. The quantitative estimate of drug-likeness (QED) is 0.525. The number of ether oxygens (including phenoxy) is 1. The molecule has 0 spiro atoms. The zero-order valence-electron chi connectivity index (χ0n) is 9.07. The molecule has 1 fully saturated rings. The van der Waals surface area contributed by atoms with Crippen LogP contribution >= 0.6 is 0 Å². The Hall–Kier alpha value is -1.58. The van der Waals surface area contributed by atoms with Crippen molar-refractivity contribution in [3.05, 3.63) is 25.4 Å². The summed E-state index contributed by atoms with van der Waals surface area (Å²) in [6.07, 6.45) is 4.43. The monoisotopic (exact) mass is 211 g/mol. The number of carbonyl (C=O) groups is 2. The van der Waals surface area contributed by atoms with E-state index in [1.807, 2.05) is 0 Å². The molecule has 84 valence electrons. The molecule has 0 aromatic heterocycles. The predicted molar refractivity (Wildman–Crippen MR) is 58.0 cm³/mol. The van der Waals surface area contributed by atoms with E-state index in [0.29, 0.717) is 13.0 Å². The smallest absolute Gasteiger partial charge is 0.330 e. The summed E-state index contributed by atoms with van der Waals surface area (Å²) in [5.41, 5.74) is 0. The van der Waals surface area contributed by atoms with Gasteiger partial charge in [0.2, 0.25) is 5.91 Å². The summed E-state index contributed by atoms with van der Waals surface area (Å²) < 4.78 is 4.43. The SMILES string of the molecule is C=CC(=O)OCC.C=CN1CCCC1=O. The van der Waals surface area contributed by atoms with Crippen molar-refractivity contribution in [2.45, 2.75) is 19.8 Å². The third kappa shape index (κ3) is 5.67. The molecule has 15 heavy (non-hydrogen) atoms. The molecule has 0 radical (unpaired) electrons. The molecular formula is C11H17NO3. The molecular weight excluding hydrogens is 194 g/mol. The topological polar surface area (TPSA) is 46.6 Å². The Kier molecular flexibility index (Phi) is 6.97. The summed E-state index contributed by atoms with van der Waals surface area (Å²) >= 11 is 0. The van der Waals surface area contributed by atoms with Crippen LogP contribution < -0.4 is 0 Å². The van der Waals surface area contributed by atoms with Crippen LogP contribution in [-0.2, 0) is 14.3 Å². The van der Waals surface area contributed by atoms with Gasteiger partial charge in [-0.3, -0.25) is 4.79 Å². The maximum Gasteiger partial charge on any atom is 0.330 e. The Morgan fingerprint density at radius 3 is 2.47 bits per heavy atom. The van der Waals surface area contributed by atoms with Crippen LogP contribution in [-0.4, -0.2) is 29.9 Å². The van der Waals surface area contributed by atoms with Crippen LogP contribution in [0.1, 0.15) is 19.8 Å². The Morgan fingerprint density at radius 2 is 2.27 bits per heavy atom. The van der Waals surface area contributed by atoms with Gasteiger partial charge in [0.25, 0.3) is 0 Å². The number of carbonyl (C=O) groups excluding carboxylic acids is 2. The molecule has 1 amide bonds. The lowest BCUT2D eigenvalue weighted by molar-refractivity contribution is -0.137. The highest BCUT2D eigenvalue weighted by atomic mass is 16.5. The van der Waals surface area contributed by atoms with Gasteiger partial charge in [-0.05, 0) is 19.5 Å². The van der Waals surface area contributed by atoms with Crippen LogP contribution in [0.4, 0.5) is 0 Å². The molecule has 1 saturated heterocycles. The molecule has 1 rings (SSSR count). The molecule has 4 nitrogen and oxygen atoms in total. The van der Waals surface area contributed by atoms with Gasteiger partial charge in [0.1, 0.15) is 0 Å². The zero-order valence-corrected chi connectivity index (χ0v) is 9.07. The molecule has 1 aliphatic heterocycles. The van der Waals surface area contributed by atoms with Crippen LogP contribution in [0.2, 0.25) is 0 Å². The lowest BCUT2D eigenvalue weighted by Gasteiger charge is -2.05. The minimum absolute atomic E-state index is 0.208. The van der Waals surface area contributed by atoms with Gasteiger partial charge in [-0.15, -0.1) is 0 Å². The second-order valence-corrected chi connectivity index (χ2v) is 2.83. The maximum atomic E-state index is 10.7. The van der Waals surface area contributed by atoms with E-state index < -0.39 is 0 Å². The normalized spacial score (nSPS) is 13.9. The third-order valence-electron chi connectivity index (χ3n) is 1.78. The minimum atomic E-state index is -0.359. The number of hydrogen-bond donors (Lipinski definition) is 0. The van der Waals surface area contributed by atoms with E-state index in [9.17, 15) is 9.59 Å². The first-order valence-corrected chi connectivity index (χ1v) is 4.86. The van der Waals surface area contributed by atoms with Crippen molar-refractivity contribution in [1.29, 1.82) is 0 Å². The molecule has 4 heteroatoms. The molecule has 0 bridgehead atoms. The highest BCUT2D eigenvalue weighted by molar-refractivity contribution is 5.81. The molecule has 0 N–H and O–H groups in total. The molecule has 0 aromatic carbocycles. The fourth-order valence-electron chi connectivity index (χ4n) is 1.06. The first kappa shape index (κ1) is 13.4. The molecule has 0 unspecified atom stereocenters. The summed E-state index contributed by atoms with van der Waals surface area (Å²) in [5, 5.41) is 0. The maximum absolute atomic E-state index is 10.7. The number of likely N-dealkylation sites (tertiary alicyclic amines) is 1. The fourth-order valence-corrected chi connectivity index (χ4v) is 1.06. The highest BCUT2D eigenvalue weighted by Gasteiger charge is 2.15. The van der Waals surface area contributed by atoms with E-state index in [4.69, 9.17) is 0 Å². The van der Waals surface area contributed by atoms with E-state index in [1.165, 1.54) is 0 Å². The van der Waals surface area contributed by atoms with Gasteiger partial charge in [-0.25, -0.2) is 4.79 Å². The Balaban J connectivity index is 0.000000265. The minimum Gasteiger partial charge on any atom is -0.463 e. The van der Waals surface area contributed by atoms with Crippen LogP contribution in [0.3, 0.4) is 0 Å². The average molecular weight is 211 g/mol. The van der Waals surface area contributed by atoms with E-state index in [-0.39, 0.29) is 11.9 Å². The van der Waals surface area contributed by atoms with Gasteiger partial charge in [0.05, 0.1) is 6.61 Å². The first-order valence-electron chi connectivity index (χ1n) is 4.86. The van der Waals surface area contributed by atoms with Crippen molar-refractivity contribution < 1.29 is 14.3 Å². The number of amides is 1. The number of hydrogen-bond acceptors (Lipinski definition) is 3. The van der Waals surface area contributed by atoms with Gasteiger partial charge in [0, 0.05) is 19.0 Å². The second kappa shape index (κ2) is 7.79. The standard InChI is InChI=1S/C6H9NO.C5H8O2/c1-2-7-5-3-4-6(7)8;1-3-5(6)7-4-2/h2H,1,3-5H2;3H,1,4H2,2H3. The molecule has 1 aliphatic rings. The Labute approximate surface area is 90.2 Å². The predicted octanol–water partition coefficient (Wildman–Crippen LogP) is 1.49. The Morgan fingerprint density at radius 1 is 1.60 bits per heavy atom. The summed E-state index contributed by atoms with van der Waals surface area (Å²) in [6.45, 7) is 9.74. The molecule has 1 heterocycles. The Bertz CT molecular complexity index is 248. The summed E-state index contributed by atoms with van der Waals surface area (Å²) in [6, 6.07) is 0. The zero-order chi connectivity index (χ0) is 11.7. The van der Waals surface area contributed by atoms with Crippen molar-refractivity contribution in [3.63, 3.8) is 0 Å². The van der Waals surface area contributed by atoms with Gasteiger partial charge in [0.15, 0.2) is 0 Å². The first-order chi connectivity index (χ1) is 7.15. The van der Waals surface area contributed by atoms with Crippen molar-refractivity contribution in [2.24, 2.45) is 0 Å². The van der Waals surface area contributed by atoms with Crippen LogP contribution in [0.25, 0.3) is 0 Å². The highest BCUT2D eigenvalue weighted by Crippen LogP contribution is 2.08. The summed E-state index contributed by atoms with van der Waals surface area (Å²) in [4.78, 5) is 22.4.